The Kier molecular flexibility index (Phi) is 7.19. The molecule has 0 unspecified atom stereocenters. The summed E-state index contributed by atoms with van der Waals surface area (Å²) in [6.07, 6.45) is 2.26. The Labute approximate surface area is 192 Å². The highest BCUT2D eigenvalue weighted by Crippen LogP contribution is 2.25. The summed E-state index contributed by atoms with van der Waals surface area (Å²) in [5.41, 5.74) is 7.66. The summed E-state index contributed by atoms with van der Waals surface area (Å²) in [5.74, 6) is 0.403. The van der Waals surface area contributed by atoms with Gasteiger partial charge in [-0.2, -0.15) is 0 Å². The number of nitrogens with zero attached hydrogens (tertiary/aromatic N) is 1. The quantitative estimate of drug-likeness (QED) is 0.535. The number of amides is 2. The average molecular weight is 450 g/mol. The van der Waals surface area contributed by atoms with Crippen LogP contribution in [0.25, 0.3) is 11.3 Å². The van der Waals surface area contributed by atoms with Crippen molar-refractivity contribution < 1.29 is 18.4 Å². The van der Waals surface area contributed by atoms with Crippen LogP contribution in [-0.2, 0) is 22.6 Å². The molecule has 33 heavy (non-hydrogen) atoms. The highest BCUT2D eigenvalue weighted by atomic mass is 19.1. The lowest BCUT2D eigenvalue weighted by molar-refractivity contribution is -0.123. The number of primary amides is 1. The van der Waals surface area contributed by atoms with Crippen LogP contribution in [0.5, 0.6) is 0 Å². The van der Waals surface area contributed by atoms with Crippen LogP contribution >= 0.6 is 0 Å². The van der Waals surface area contributed by atoms with Gasteiger partial charge in [0.25, 0.3) is 0 Å². The number of hydrogen-bond donors (Lipinski definition) is 2. The number of rotatable bonds is 8. The van der Waals surface area contributed by atoms with Gasteiger partial charge < -0.3 is 15.5 Å². The number of likely N-dealkylation sites (tertiary alicyclic amines) is 1. The van der Waals surface area contributed by atoms with Crippen molar-refractivity contribution in [1.82, 2.24) is 4.90 Å². The largest absolute Gasteiger partial charge is 0.461 e. The topological polar surface area (TPSA) is 88.6 Å². The molecule has 1 aromatic heterocycles. The van der Waals surface area contributed by atoms with Gasteiger partial charge in [0.05, 0.1) is 5.56 Å². The first-order valence-electron chi connectivity index (χ1n) is 11.2. The third-order valence-electron chi connectivity index (χ3n) is 6.01. The van der Waals surface area contributed by atoms with E-state index in [0.29, 0.717) is 23.5 Å². The molecule has 0 atom stereocenters. The molecule has 2 amide bonds. The minimum Gasteiger partial charge on any atom is -0.461 e. The van der Waals surface area contributed by atoms with Crippen LogP contribution in [0.1, 0.15) is 30.6 Å². The Hall–Kier alpha value is -3.45. The first kappa shape index (κ1) is 22.7. The highest BCUT2D eigenvalue weighted by molar-refractivity contribution is 5.90. The number of benzene rings is 2. The highest BCUT2D eigenvalue weighted by Gasteiger charge is 2.23. The fourth-order valence-corrected chi connectivity index (χ4v) is 4.16. The van der Waals surface area contributed by atoms with Crippen molar-refractivity contribution in [2.45, 2.75) is 32.2 Å². The van der Waals surface area contributed by atoms with Gasteiger partial charge in [-0.1, -0.05) is 24.3 Å². The number of nitrogens with two attached hydrogens (primary N) is 1. The molecule has 3 N–H and O–H groups in total. The number of carbonyl (C=O) groups is 2. The van der Waals surface area contributed by atoms with Crippen LogP contribution < -0.4 is 11.1 Å². The first-order valence-corrected chi connectivity index (χ1v) is 11.2. The Bertz CT molecular complexity index is 1120. The summed E-state index contributed by atoms with van der Waals surface area (Å²) < 4.78 is 19.6. The summed E-state index contributed by atoms with van der Waals surface area (Å²) in [6, 6.07) is 17.7. The molecular formula is C26H28FN3O3. The van der Waals surface area contributed by atoms with E-state index in [4.69, 9.17) is 10.2 Å². The lowest BCUT2D eigenvalue weighted by Crippen LogP contribution is -2.38. The molecule has 0 bridgehead atoms. The lowest BCUT2D eigenvalue weighted by atomic mass is 9.96. The van der Waals surface area contributed by atoms with Gasteiger partial charge in [-0.25, -0.2) is 4.39 Å². The molecule has 0 saturated carbocycles. The number of aryl methyl sites for hydroxylation is 1. The average Bonchev–Trinajstić information content (AvgIpc) is 3.27. The summed E-state index contributed by atoms with van der Waals surface area (Å²) in [6.45, 7) is 2.44. The maximum atomic E-state index is 13.9. The maximum Gasteiger partial charge on any atom is 0.224 e. The van der Waals surface area contributed by atoms with E-state index in [9.17, 15) is 14.0 Å². The van der Waals surface area contributed by atoms with Crippen molar-refractivity contribution >= 4 is 17.5 Å². The molecule has 4 rings (SSSR count). The normalized spacial score (nSPS) is 14.8. The number of furan rings is 1. The summed E-state index contributed by atoms with van der Waals surface area (Å²) in [4.78, 5) is 26.1. The van der Waals surface area contributed by atoms with Gasteiger partial charge >= 0.3 is 0 Å². The maximum absolute atomic E-state index is 13.9. The van der Waals surface area contributed by atoms with Gasteiger partial charge in [0, 0.05) is 31.0 Å². The van der Waals surface area contributed by atoms with Gasteiger partial charge in [0.2, 0.25) is 11.8 Å². The SMILES string of the molecule is NC(=O)C1CCN(Cc2cccc(NC(=O)CCc3ccc(-c4ccccc4F)o3)c2)CC1. The fraction of sp³-hybridized carbons (Fsp3) is 0.308. The lowest BCUT2D eigenvalue weighted by Gasteiger charge is -2.30. The molecule has 0 spiro atoms. The molecule has 172 valence electrons. The number of carbonyl (C=O) groups excluding carboxylic acids is 2. The molecule has 2 heterocycles. The van der Waals surface area contributed by atoms with Gasteiger partial charge in [-0.3, -0.25) is 14.5 Å². The van der Waals surface area contributed by atoms with Gasteiger partial charge in [0.1, 0.15) is 17.3 Å². The third-order valence-corrected chi connectivity index (χ3v) is 6.01. The number of anilines is 1. The number of hydrogen-bond acceptors (Lipinski definition) is 4. The molecular weight excluding hydrogens is 421 g/mol. The van der Waals surface area contributed by atoms with Gasteiger partial charge in [-0.15, -0.1) is 0 Å². The third kappa shape index (κ3) is 6.08. The van der Waals surface area contributed by atoms with Crippen molar-refractivity contribution in [3.8, 4) is 11.3 Å². The zero-order valence-electron chi connectivity index (χ0n) is 18.4. The van der Waals surface area contributed by atoms with E-state index in [1.807, 2.05) is 24.3 Å². The second kappa shape index (κ2) is 10.4. The molecule has 6 nitrogen and oxygen atoms in total. The van der Waals surface area contributed by atoms with E-state index < -0.39 is 0 Å². The number of halogens is 1. The molecule has 0 aliphatic carbocycles. The second-order valence-electron chi connectivity index (χ2n) is 8.45. The van der Waals surface area contributed by atoms with Crippen LogP contribution in [0.2, 0.25) is 0 Å². The first-order chi connectivity index (χ1) is 16.0. The Morgan fingerprint density at radius 3 is 2.61 bits per heavy atom. The van der Waals surface area contributed by atoms with Gasteiger partial charge in [-0.05, 0) is 67.9 Å². The number of piperidine rings is 1. The van der Waals surface area contributed by atoms with Crippen LogP contribution in [-0.4, -0.2) is 29.8 Å². The molecule has 1 aliphatic rings. The van der Waals surface area contributed by atoms with Crippen molar-refractivity contribution in [3.63, 3.8) is 0 Å². The summed E-state index contributed by atoms with van der Waals surface area (Å²) in [5, 5.41) is 2.94. The van der Waals surface area contributed by atoms with Crippen LogP contribution in [0.3, 0.4) is 0 Å². The minimum atomic E-state index is -0.340. The van der Waals surface area contributed by atoms with Crippen molar-refractivity contribution in [2.75, 3.05) is 18.4 Å². The molecule has 3 aromatic rings. The van der Waals surface area contributed by atoms with E-state index in [-0.39, 0.29) is 30.0 Å². The van der Waals surface area contributed by atoms with E-state index in [0.717, 1.165) is 43.7 Å². The van der Waals surface area contributed by atoms with Crippen LogP contribution in [0, 0.1) is 11.7 Å². The van der Waals surface area contributed by atoms with E-state index in [1.54, 1.807) is 30.3 Å². The zero-order chi connectivity index (χ0) is 23.2. The monoisotopic (exact) mass is 449 g/mol. The van der Waals surface area contributed by atoms with Crippen molar-refractivity contribution in [1.29, 1.82) is 0 Å². The summed E-state index contributed by atoms with van der Waals surface area (Å²) in [7, 11) is 0. The standard InChI is InChI=1S/C26H28FN3O3/c27-23-7-2-1-6-22(23)24-10-8-21(33-24)9-11-25(31)29-20-5-3-4-18(16-20)17-30-14-12-19(13-15-30)26(28)32/h1-8,10,16,19H,9,11-15,17H2,(H2,28,32)(H,29,31). The Morgan fingerprint density at radius 2 is 1.85 bits per heavy atom. The second-order valence-corrected chi connectivity index (χ2v) is 8.45. The summed E-state index contributed by atoms with van der Waals surface area (Å²) >= 11 is 0. The number of nitrogens with one attached hydrogen (secondary N) is 1. The fourth-order valence-electron chi connectivity index (χ4n) is 4.16. The predicted octanol–water partition coefficient (Wildman–Crippen LogP) is 4.35. The molecule has 7 heteroatoms. The van der Waals surface area contributed by atoms with E-state index in [1.165, 1.54) is 6.07 Å². The molecule has 1 fully saturated rings. The molecule has 1 aliphatic heterocycles. The smallest absolute Gasteiger partial charge is 0.224 e. The van der Waals surface area contributed by atoms with Crippen molar-refractivity contribution in [2.24, 2.45) is 11.7 Å². The Balaban J connectivity index is 1.27. The molecule has 0 radical (unpaired) electrons. The van der Waals surface area contributed by atoms with E-state index >= 15 is 0 Å². The molecule has 2 aromatic carbocycles. The van der Waals surface area contributed by atoms with Gasteiger partial charge in [0.15, 0.2) is 0 Å². The zero-order valence-corrected chi connectivity index (χ0v) is 18.4. The minimum absolute atomic E-state index is 0.0242. The predicted molar refractivity (Wildman–Crippen MR) is 125 cm³/mol. The van der Waals surface area contributed by atoms with Crippen LogP contribution in [0.4, 0.5) is 10.1 Å². The van der Waals surface area contributed by atoms with Crippen LogP contribution in [0.15, 0.2) is 65.1 Å². The molecule has 1 saturated heterocycles. The van der Waals surface area contributed by atoms with E-state index in [2.05, 4.69) is 10.2 Å². The van der Waals surface area contributed by atoms with Crippen molar-refractivity contribution in [3.05, 3.63) is 77.8 Å². The Morgan fingerprint density at radius 1 is 1.06 bits per heavy atom.